The number of aryl methyl sites for hydroxylation is 1. The molecule has 0 spiro atoms. The first kappa shape index (κ1) is 21.0. The van der Waals surface area contributed by atoms with E-state index in [1.54, 1.807) is 31.5 Å². The first-order valence-electron chi connectivity index (χ1n) is 9.10. The van der Waals surface area contributed by atoms with Crippen molar-refractivity contribution in [3.05, 3.63) is 82.3 Å². The number of aromatic nitrogens is 5. The minimum absolute atomic E-state index is 0.0709. The summed E-state index contributed by atoms with van der Waals surface area (Å²) in [7, 11) is -3.88. The number of pyridine rings is 1. The maximum Gasteiger partial charge on any atom is 0.309 e. The number of fused-ring (bicyclic) bond motifs is 1. The Labute approximate surface area is 181 Å². The number of amides is 1. The topological polar surface area (TPSA) is 167 Å². The zero-order valence-corrected chi connectivity index (χ0v) is 17.4. The van der Waals surface area contributed by atoms with Crippen LogP contribution in [-0.4, -0.2) is 44.7 Å². The number of nitrogens with one attached hydrogen (secondary N) is 1. The molecule has 0 aliphatic heterocycles. The van der Waals surface area contributed by atoms with Crippen molar-refractivity contribution in [2.45, 2.75) is 11.8 Å². The molecule has 0 fully saturated rings. The molecule has 0 bridgehead atoms. The van der Waals surface area contributed by atoms with Crippen LogP contribution < -0.4 is 16.1 Å². The van der Waals surface area contributed by atoms with Gasteiger partial charge in [-0.05, 0) is 48.9 Å². The summed E-state index contributed by atoms with van der Waals surface area (Å²) in [6.45, 7) is 1.63. The summed E-state index contributed by atoms with van der Waals surface area (Å²) in [6, 6.07) is 10.1. The van der Waals surface area contributed by atoms with Crippen molar-refractivity contribution in [1.82, 2.24) is 29.6 Å². The number of nitrogens with zero attached hydrogens (tertiary/aromatic N) is 6. The van der Waals surface area contributed by atoms with Crippen LogP contribution in [0.25, 0.3) is 11.5 Å². The highest BCUT2D eigenvalue weighted by molar-refractivity contribution is 7.89. The summed E-state index contributed by atoms with van der Waals surface area (Å²) in [6.07, 6.45) is 4.57. The highest BCUT2D eigenvalue weighted by Gasteiger charge is 2.21. The van der Waals surface area contributed by atoms with Gasteiger partial charge in [0.15, 0.2) is 0 Å². The Morgan fingerprint density at radius 3 is 2.50 bits per heavy atom. The second kappa shape index (κ2) is 8.13. The van der Waals surface area contributed by atoms with E-state index in [9.17, 15) is 18.0 Å². The molecule has 4 rings (SSSR count). The Morgan fingerprint density at radius 1 is 1.16 bits per heavy atom. The normalized spacial score (nSPS) is 11.8. The number of carbonyl (C=O) groups excluding carboxylic acids is 1. The highest BCUT2D eigenvalue weighted by Crippen LogP contribution is 2.15. The SMILES string of the molecule is Cc1cc(=O)n2c(C(=O)N/N=C/c3ccncc3)nn(-c3ccc(S(N)(=O)=O)cc3)c2n1. The number of nitrogens with two attached hydrogens (primary N) is 1. The molecule has 0 aliphatic rings. The number of hydrazone groups is 1. The second-order valence-electron chi connectivity index (χ2n) is 6.63. The monoisotopic (exact) mass is 452 g/mol. The molecule has 1 aromatic carbocycles. The molecule has 3 N–H and O–H groups in total. The first-order valence-corrected chi connectivity index (χ1v) is 10.6. The number of hydrogen-bond acceptors (Lipinski definition) is 8. The van der Waals surface area contributed by atoms with Crippen LogP contribution in [0.3, 0.4) is 0 Å². The molecule has 12 nitrogen and oxygen atoms in total. The summed E-state index contributed by atoms with van der Waals surface area (Å²) in [4.78, 5) is 33.4. The molecule has 1 amide bonds. The maximum absolute atomic E-state index is 12.7. The van der Waals surface area contributed by atoms with Crippen molar-refractivity contribution in [3.8, 4) is 5.69 Å². The average Bonchev–Trinajstić information content (AvgIpc) is 3.14. The predicted octanol–water partition coefficient (Wildman–Crippen LogP) is -0.00508. The number of rotatable bonds is 5. The summed E-state index contributed by atoms with van der Waals surface area (Å²) < 4.78 is 25.3. The molecule has 0 unspecified atom stereocenters. The van der Waals surface area contributed by atoms with Gasteiger partial charge in [-0.3, -0.25) is 14.6 Å². The quantitative estimate of drug-likeness (QED) is 0.317. The summed E-state index contributed by atoms with van der Waals surface area (Å²) in [5, 5.41) is 13.2. The molecule has 0 aliphatic carbocycles. The van der Waals surface area contributed by atoms with Gasteiger partial charge in [0.25, 0.3) is 5.56 Å². The van der Waals surface area contributed by atoms with Crippen LogP contribution in [0.5, 0.6) is 0 Å². The number of carbonyl (C=O) groups is 1. The van der Waals surface area contributed by atoms with E-state index in [-0.39, 0.29) is 16.5 Å². The average molecular weight is 452 g/mol. The Kier molecular flexibility index (Phi) is 5.34. The van der Waals surface area contributed by atoms with Crippen LogP contribution in [0.1, 0.15) is 21.9 Å². The molecule has 0 saturated carbocycles. The second-order valence-corrected chi connectivity index (χ2v) is 8.19. The first-order chi connectivity index (χ1) is 15.2. The van der Waals surface area contributed by atoms with Gasteiger partial charge >= 0.3 is 5.91 Å². The Bertz CT molecular complexity index is 1510. The number of sulfonamides is 1. The zero-order valence-electron chi connectivity index (χ0n) is 16.6. The Morgan fingerprint density at radius 2 is 1.84 bits per heavy atom. The van der Waals surface area contributed by atoms with Gasteiger partial charge in [0.2, 0.25) is 21.6 Å². The van der Waals surface area contributed by atoms with Crippen molar-refractivity contribution in [2.75, 3.05) is 0 Å². The standard InChI is InChI=1S/C19H16N8O4S/c1-12-10-16(28)26-17(18(29)24-22-11-13-6-8-21-9-7-13)25-27(19(26)23-12)14-2-4-15(5-3-14)32(20,30)31/h2-11H,1H3,(H,24,29)(H2,20,30,31)/b22-11+. The minimum Gasteiger partial charge on any atom is -0.269 e. The van der Waals surface area contributed by atoms with Crippen LogP contribution >= 0.6 is 0 Å². The van der Waals surface area contributed by atoms with Crippen molar-refractivity contribution in [2.24, 2.45) is 10.2 Å². The molecule has 3 aromatic heterocycles. The van der Waals surface area contributed by atoms with Gasteiger partial charge in [0.1, 0.15) is 0 Å². The minimum atomic E-state index is -3.88. The largest absolute Gasteiger partial charge is 0.309 e. The van der Waals surface area contributed by atoms with E-state index in [2.05, 4.69) is 25.6 Å². The molecule has 4 aromatic rings. The fourth-order valence-electron chi connectivity index (χ4n) is 2.87. The molecular weight excluding hydrogens is 436 g/mol. The van der Waals surface area contributed by atoms with Gasteiger partial charge in [-0.1, -0.05) is 0 Å². The van der Waals surface area contributed by atoms with Crippen molar-refractivity contribution >= 4 is 27.9 Å². The fraction of sp³-hybridized carbons (Fsp3) is 0.0526. The van der Waals surface area contributed by atoms with Gasteiger partial charge in [-0.2, -0.15) is 9.78 Å². The van der Waals surface area contributed by atoms with E-state index >= 15 is 0 Å². The van der Waals surface area contributed by atoms with Crippen LogP contribution in [0, 0.1) is 6.92 Å². The predicted molar refractivity (Wildman–Crippen MR) is 114 cm³/mol. The zero-order chi connectivity index (χ0) is 22.9. The lowest BCUT2D eigenvalue weighted by Gasteiger charge is -2.04. The van der Waals surface area contributed by atoms with Crippen molar-refractivity contribution in [3.63, 3.8) is 0 Å². The van der Waals surface area contributed by atoms with Gasteiger partial charge in [0.05, 0.1) is 16.8 Å². The van der Waals surface area contributed by atoms with Crippen LogP contribution in [-0.2, 0) is 10.0 Å². The van der Waals surface area contributed by atoms with E-state index < -0.39 is 21.5 Å². The molecule has 32 heavy (non-hydrogen) atoms. The highest BCUT2D eigenvalue weighted by atomic mass is 32.2. The van der Waals surface area contributed by atoms with Crippen LogP contribution in [0.2, 0.25) is 0 Å². The molecule has 3 heterocycles. The third-order valence-corrected chi connectivity index (χ3v) is 5.25. The lowest BCUT2D eigenvalue weighted by atomic mass is 10.3. The van der Waals surface area contributed by atoms with Crippen LogP contribution in [0.4, 0.5) is 0 Å². The Hall–Kier alpha value is -4.23. The lowest BCUT2D eigenvalue weighted by molar-refractivity contribution is 0.0943. The number of primary sulfonamides is 1. The third kappa shape index (κ3) is 4.14. The summed E-state index contributed by atoms with van der Waals surface area (Å²) in [5.74, 6) is -0.922. The van der Waals surface area contributed by atoms with Crippen molar-refractivity contribution < 1.29 is 13.2 Å². The fourth-order valence-corrected chi connectivity index (χ4v) is 3.38. The third-order valence-electron chi connectivity index (χ3n) is 4.32. The number of hydrogen-bond donors (Lipinski definition) is 2. The maximum atomic E-state index is 12.7. The summed E-state index contributed by atoms with van der Waals surface area (Å²) >= 11 is 0. The van der Waals surface area contributed by atoms with E-state index in [0.29, 0.717) is 16.9 Å². The van der Waals surface area contributed by atoms with Gasteiger partial charge in [-0.15, -0.1) is 5.10 Å². The Balaban J connectivity index is 1.76. The molecule has 0 saturated heterocycles. The molecule has 13 heteroatoms. The van der Waals surface area contributed by atoms with E-state index in [1.807, 2.05) is 0 Å². The summed E-state index contributed by atoms with van der Waals surface area (Å²) in [5.41, 5.74) is 3.31. The smallest absolute Gasteiger partial charge is 0.269 e. The molecule has 0 atom stereocenters. The van der Waals surface area contributed by atoms with Crippen LogP contribution in [0.15, 0.2) is 69.6 Å². The van der Waals surface area contributed by atoms with Crippen molar-refractivity contribution in [1.29, 1.82) is 0 Å². The molecular formula is C19H16N8O4S. The van der Waals surface area contributed by atoms with Gasteiger partial charge in [0, 0.05) is 24.2 Å². The van der Waals surface area contributed by atoms with Gasteiger partial charge in [-0.25, -0.2) is 28.4 Å². The lowest BCUT2D eigenvalue weighted by Crippen LogP contribution is -2.25. The molecule has 0 radical (unpaired) electrons. The van der Waals surface area contributed by atoms with E-state index in [0.717, 1.165) is 4.40 Å². The van der Waals surface area contributed by atoms with E-state index in [4.69, 9.17) is 5.14 Å². The number of benzene rings is 1. The van der Waals surface area contributed by atoms with E-state index in [1.165, 1.54) is 41.2 Å². The van der Waals surface area contributed by atoms with Gasteiger partial charge < -0.3 is 0 Å². The molecule has 162 valence electrons.